The molecule has 0 aliphatic heterocycles. The summed E-state index contributed by atoms with van der Waals surface area (Å²) in [5.41, 5.74) is 5.66. The fourth-order valence-electron chi connectivity index (χ4n) is 1.40. The van der Waals surface area contributed by atoms with Crippen molar-refractivity contribution in [1.29, 1.82) is 0 Å². The van der Waals surface area contributed by atoms with E-state index in [1.54, 1.807) is 6.07 Å². The number of nitrogens with two attached hydrogens (primary N) is 1. The lowest BCUT2D eigenvalue weighted by Gasteiger charge is -2.11. The van der Waals surface area contributed by atoms with Crippen LogP contribution in [0, 0.1) is 0 Å². The van der Waals surface area contributed by atoms with Gasteiger partial charge in [-0.3, -0.25) is 4.79 Å². The van der Waals surface area contributed by atoms with Crippen molar-refractivity contribution in [3.05, 3.63) is 22.3 Å². The van der Waals surface area contributed by atoms with Crippen molar-refractivity contribution in [3.63, 3.8) is 0 Å². The molecule has 0 radical (unpaired) electrons. The molecule has 0 saturated heterocycles. The summed E-state index contributed by atoms with van der Waals surface area (Å²) >= 11 is 11.6. The van der Waals surface area contributed by atoms with Gasteiger partial charge in [0.15, 0.2) is 0 Å². The number of amides is 1. The molecule has 1 aromatic heterocycles. The Labute approximate surface area is 122 Å². The predicted octanol–water partition coefficient (Wildman–Crippen LogP) is 2.01. The molecule has 0 aliphatic rings. The Bertz CT molecular complexity index is 429. The molecule has 5 nitrogen and oxygen atoms in total. The van der Waals surface area contributed by atoms with Gasteiger partial charge in [-0.2, -0.15) is 0 Å². The summed E-state index contributed by atoms with van der Waals surface area (Å²) in [4.78, 5) is 15.4. The molecular formula is C12H17Cl2N3O2. The van der Waals surface area contributed by atoms with Crippen molar-refractivity contribution in [2.24, 2.45) is 5.73 Å². The number of pyridine rings is 1. The molecule has 1 unspecified atom stereocenters. The van der Waals surface area contributed by atoms with Gasteiger partial charge in [0.25, 0.3) is 0 Å². The second-order valence-corrected chi connectivity index (χ2v) is 4.82. The van der Waals surface area contributed by atoms with Crippen LogP contribution in [0.3, 0.4) is 0 Å². The summed E-state index contributed by atoms with van der Waals surface area (Å²) in [7, 11) is 0. The molecule has 3 N–H and O–H groups in total. The highest BCUT2D eigenvalue weighted by atomic mass is 35.5. The molecular weight excluding hydrogens is 289 g/mol. The highest BCUT2D eigenvalue weighted by Crippen LogP contribution is 2.24. The van der Waals surface area contributed by atoms with Crippen LogP contribution in [0.4, 0.5) is 0 Å². The molecule has 0 bridgehead atoms. The molecule has 0 spiro atoms. The maximum absolute atomic E-state index is 11.5. The first-order chi connectivity index (χ1) is 9.04. The number of carbonyl (C=O) groups is 1. The molecule has 7 heteroatoms. The van der Waals surface area contributed by atoms with Gasteiger partial charge in [-0.15, -0.1) is 0 Å². The molecule has 1 aromatic rings. The quantitative estimate of drug-likeness (QED) is 0.756. The minimum atomic E-state index is -0.470. The van der Waals surface area contributed by atoms with E-state index in [-0.39, 0.29) is 18.4 Å². The number of nitrogens with zero attached hydrogens (tertiary/aromatic N) is 1. The topological polar surface area (TPSA) is 77.2 Å². The first kappa shape index (κ1) is 16.0. The van der Waals surface area contributed by atoms with Crippen LogP contribution in [0.15, 0.2) is 12.3 Å². The van der Waals surface area contributed by atoms with Crippen LogP contribution >= 0.6 is 23.2 Å². The van der Waals surface area contributed by atoms with Gasteiger partial charge in [0.1, 0.15) is 11.6 Å². The highest BCUT2D eigenvalue weighted by Gasteiger charge is 2.11. The lowest BCUT2D eigenvalue weighted by atomic mass is 10.2. The van der Waals surface area contributed by atoms with Crippen LogP contribution in [0.25, 0.3) is 0 Å². The van der Waals surface area contributed by atoms with Crippen molar-refractivity contribution >= 4 is 29.1 Å². The van der Waals surface area contributed by atoms with Crippen molar-refractivity contribution in [2.75, 3.05) is 13.2 Å². The van der Waals surface area contributed by atoms with Gasteiger partial charge < -0.3 is 15.8 Å². The van der Waals surface area contributed by atoms with Crippen LogP contribution in [-0.2, 0) is 4.79 Å². The molecule has 0 saturated carbocycles. The molecule has 1 amide bonds. The van der Waals surface area contributed by atoms with Crippen molar-refractivity contribution in [1.82, 2.24) is 10.3 Å². The van der Waals surface area contributed by atoms with E-state index in [9.17, 15) is 4.79 Å². The van der Waals surface area contributed by atoms with Crippen LogP contribution < -0.4 is 15.8 Å². The van der Waals surface area contributed by atoms with E-state index < -0.39 is 6.04 Å². The average Bonchev–Trinajstić information content (AvgIpc) is 2.36. The number of aromatic nitrogens is 1. The van der Waals surface area contributed by atoms with Gasteiger partial charge >= 0.3 is 0 Å². The van der Waals surface area contributed by atoms with E-state index in [1.807, 2.05) is 6.92 Å². The zero-order chi connectivity index (χ0) is 14.3. The van der Waals surface area contributed by atoms with Crippen molar-refractivity contribution in [3.8, 4) is 5.88 Å². The second-order valence-electron chi connectivity index (χ2n) is 3.98. The Balaban J connectivity index is 2.29. The number of ether oxygens (including phenoxy) is 1. The van der Waals surface area contributed by atoms with Crippen LogP contribution in [0.2, 0.25) is 10.0 Å². The largest absolute Gasteiger partial charge is 0.475 e. The van der Waals surface area contributed by atoms with Crippen LogP contribution in [-0.4, -0.2) is 30.1 Å². The first-order valence-electron chi connectivity index (χ1n) is 6.01. The number of hydrogen-bond acceptors (Lipinski definition) is 4. The van der Waals surface area contributed by atoms with Gasteiger partial charge in [-0.05, 0) is 12.5 Å². The minimum absolute atomic E-state index is 0.180. The fourth-order valence-corrected chi connectivity index (χ4v) is 1.84. The number of halogens is 2. The van der Waals surface area contributed by atoms with Gasteiger partial charge in [0.2, 0.25) is 11.8 Å². The Morgan fingerprint density at radius 3 is 2.95 bits per heavy atom. The van der Waals surface area contributed by atoms with Gasteiger partial charge in [-0.1, -0.05) is 36.5 Å². The summed E-state index contributed by atoms with van der Waals surface area (Å²) < 4.78 is 5.32. The van der Waals surface area contributed by atoms with E-state index in [4.69, 9.17) is 33.7 Å². The molecule has 106 valence electrons. The third-order valence-corrected chi connectivity index (χ3v) is 2.83. The smallest absolute Gasteiger partial charge is 0.237 e. The average molecular weight is 306 g/mol. The standard InChI is InChI=1S/C12H17Cl2N3O2/c1-2-3-10(15)11(18)16-4-5-19-12-9(14)6-8(13)7-17-12/h6-7,10H,2-5,15H2,1H3,(H,16,18). The Kier molecular flexibility index (Phi) is 6.91. The molecule has 0 fully saturated rings. The Hall–Kier alpha value is -1.04. The third-order valence-electron chi connectivity index (χ3n) is 2.35. The number of hydrogen-bond donors (Lipinski definition) is 2. The lowest BCUT2D eigenvalue weighted by molar-refractivity contribution is -0.122. The summed E-state index contributed by atoms with van der Waals surface area (Å²) in [6.07, 6.45) is 2.98. The molecule has 1 heterocycles. The summed E-state index contributed by atoms with van der Waals surface area (Å²) in [6, 6.07) is 1.07. The second kappa shape index (κ2) is 8.19. The number of nitrogens with one attached hydrogen (secondary N) is 1. The molecule has 1 rings (SSSR count). The predicted molar refractivity (Wildman–Crippen MR) is 75.6 cm³/mol. The number of rotatable bonds is 7. The molecule has 0 aromatic carbocycles. The van der Waals surface area contributed by atoms with E-state index >= 15 is 0 Å². The highest BCUT2D eigenvalue weighted by molar-refractivity contribution is 6.35. The monoisotopic (exact) mass is 305 g/mol. The summed E-state index contributed by atoms with van der Waals surface area (Å²) in [5, 5.41) is 3.46. The molecule has 1 atom stereocenters. The van der Waals surface area contributed by atoms with E-state index in [1.165, 1.54) is 6.20 Å². The summed E-state index contributed by atoms with van der Waals surface area (Å²) in [6.45, 7) is 2.58. The van der Waals surface area contributed by atoms with Gasteiger partial charge in [0.05, 0.1) is 17.6 Å². The Morgan fingerprint density at radius 1 is 1.58 bits per heavy atom. The molecule has 19 heavy (non-hydrogen) atoms. The minimum Gasteiger partial charge on any atom is -0.475 e. The SMILES string of the molecule is CCCC(N)C(=O)NCCOc1ncc(Cl)cc1Cl. The normalized spacial score (nSPS) is 12.0. The van der Waals surface area contributed by atoms with Gasteiger partial charge in [-0.25, -0.2) is 4.98 Å². The maximum atomic E-state index is 11.5. The fraction of sp³-hybridized carbons (Fsp3) is 0.500. The van der Waals surface area contributed by atoms with E-state index in [2.05, 4.69) is 10.3 Å². The molecule has 0 aliphatic carbocycles. The van der Waals surface area contributed by atoms with Gasteiger partial charge in [0, 0.05) is 6.20 Å². The van der Waals surface area contributed by atoms with E-state index in [0.29, 0.717) is 23.0 Å². The first-order valence-corrected chi connectivity index (χ1v) is 6.77. The summed E-state index contributed by atoms with van der Waals surface area (Å²) in [5.74, 6) is 0.110. The number of carbonyl (C=O) groups excluding carboxylic acids is 1. The maximum Gasteiger partial charge on any atom is 0.237 e. The zero-order valence-corrected chi connectivity index (χ0v) is 12.2. The zero-order valence-electron chi connectivity index (χ0n) is 10.7. The lowest BCUT2D eigenvalue weighted by Crippen LogP contribution is -2.41. The Morgan fingerprint density at radius 2 is 2.32 bits per heavy atom. The van der Waals surface area contributed by atoms with Crippen LogP contribution in [0.5, 0.6) is 5.88 Å². The van der Waals surface area contributed by atoms with Crippen molar-refractivity contribution < 1.29 is 9.53 Å². The van der Waals surface area contributed by atoms with Crippen molar-refractivity contribution in [2.45, 2.75) is 25.8 Å². The van der Waals surface area contributed by atoms with E-state index in [0.717, 1.165) is 6.42 Å². The third kappa shape index (κ3) is 5.63. The van der Waals surface area contributed by atoms with Crippen LogP contribution in [0.1, 0.15) is 19.8 Å².